The highest BCUT2D eigenvalue weighted by atomic mass is 16.3. The smallest absolute Gasteiger partial charge is 0.136 e. The van der Waals surface area contributed by atoms with Crippen molar-refractivity contribution in [2.45, 2.75) is 13.0 Å². The molecule has 4 nitrogen and oxygen atoms in total. The Morgan fingerprint density at radius 1 is 1.30 bits per heavy atom. The van der Waals surface area contributed by atoms with Gasteiger partial charge in [-0.2, -0.15) is 0 Å². The highest BCUT2D eigenvalue weighted by Crippen LogP contribution is 2.38. The summed E-state index contributed by atoms with van der Waals surface area (Å²) >= 11 is 0. The zero-order valence-corrected chi connectivity index (χ0v) is 11.6. The van der Waals surface area contributed by atoms with E-state index in [4.69, 9.17) is 0 Å². The lowest BCUT2D eigenvalue weighted by molar-refractivity contribution is 0.471. The SMILES string of the molecule is CC1C2CNCC2CN1c1nccc2ccc(O)cc12. The quantitative estimate of drug-likeness (QED) is 0.831. The van der Waals surface area contributed by atoms with Crippen LogP contribution in [0.3, 0.4) is 0 Å². The number of phenols is 1. The van der Waals surface area contributed by atoms with E-state index in [1.165, 1.54) is 0 Å². The third-order valence-electron chi connectivity index (χ3n) is 4.94. The minimum absolute atomic E-state index is 0.306. The number of hydrogen-bond acceptors (Lipinski definition) is 4. The van der Waals surface area contributed by atoms with Gasteiger partial charge in [0.15, 0.2) is 0 Å². The van der Waals surface area contributed by atoms with E-state index in [2.05, 4.69) is 22.1 Å². The second-order valence-corrected chi connectivity index (χ2v) is 6.02. The fourth-order valence-electron chi connectivity index (χ4n) is 3.82. The second-order valence-electron chi connectivity index (χ2n) is 6.02. The van der Waals surface area contributed by atoms with Gasteiger partial charge in [-0.25, -0.2) is 4.98 Å². The van der Waals surface area contributed by atoms with Crippen LogP contribution in [0.4, 0.5) is 5.82 Å². The zero-order valence-electron chi connectivity index (χ0n) is 11.6. The Hall–Kier alpha value is -1.81. The topological polar surface area (TPSA) is 48.4 Å². The molecule has 2 fully saturated rings. The van der Waals surface area contributed by atoms with E-state index in [1.54, 1.807) is 6.07 Å². The Morgan fingerprint density at radius 3 is 3.05 bits per heavy atom. The van der Waals surface area contributed by atoms with Crippen molar-refractivity contribution in [2.75, 3.05) is 24.5 Å². The van der Waals surface area contributed by atoms with E-state index in [0.29, 0.717) is 17.7 Å². The summed E-state index contributed by atoms with van der Waals surface area (Å²) in [6, 6.07) is 8.02. The van der Waals surface area contributed by atoms with Gasteiger partial charge < -0.3 is 15.3 Å². The Labute approximate surface area is 118 Å². The molecule has 1 aromatic carbocycles. The molecule has 0 aliphatic carbocycles. The Balaban J connectivity index is 1.81. The van der Waals surface area contributed by atoms with Gasteiger partial charge in [0.25, 0.3) is 0 Å². The molecule has 2 saturated heterocycles. The second kappa shape index (κ2) is 4.35. The van der Waals surface area contributed by atoms with Crippen molar-refractivity contribution in [1.82, 2.24) is 10.3 Å². The predicted molar refractivity (Wildman–Crippen MR) is 80.1 cm³/mol. The number of rotatable bonds is 1. The van der Waals surface area contributed by atoms with Crippen LogP contribution in [0.25, 0.3) is 10.8 Å². The van der Waals surface area contributed by atoms with Gasteiger partial charge in [0, 0.05) is 37.3 Å². The number of phenolic OH excluding ortho intramolecular Hbond substituents is 1. The molecule has 2 N–H and O–H groups in total. The maximum Gasteiger partial charge on any atom is 0.136 e. The van der Waals surface area contributed by atoms with Gasteiger partial charge in [0.1, 0.15) is 11.6 Å². The molecule has 2 aliphatic heterocycles. The maximum absolute atomic E-state index is 9.77. The minimum Gasteiger partial charge on any atom is -0.508 e. The normalized spacial score (nSPS) is 29.1. The van der Waals surface area contributed by atoms with Crippen LogP contribution in [0, 0.1) is 11.8 Å². The molecule has 0 bridgehead atoms. The molecule has 3 heterocycles. The molecule has 104 valence electrons. The van der Waals surface area contributed by atoms with Crippen molar-refractivity contribution in [2.24, 2.45) is 11.8 Å². The number of hydrogen-bond donors (Lipinski definition) is 2. The van der Waals surface area contributed by atoms with Gasteiger partial charge in [-0.1, -0.05) is 6.07 Å². The van der Waals surface area contributed by atoms with E-state index in [1.807, 2.05) is 24.4 Å². The highest BCUT2D eigenvalue weighted by molar-refractivity contribution is 5.93. The van der Waals surface area contributed by atoms with E-state index in [0.717, 1.165) is 42.1 Å². The summed E-state index contributed by atoms with van der Waals surface area (Å²) in [7, 11) is 0. The number of nitrogens with one attached hydrogen (secondary N) is 1. The molecule has 4 heteroatoms. The number of nitrogens with zero attached hydrogens (tertiary/aromatic N) is 2. The van der Waals surface area contributed by atoms with Crippen LogP contribution in [0.2, 0.25) is 0 Å². The van der Waals surface area contributed by atoms with Crippen molar-refractivity contribution >= 4 is 16.6 Å². The lowest BCUT2D eigenvalue weighted by Gasteiger charge is -2.26. The summed E-state index contributed by atoms with van der Waals surface area (Å²) in [4.78, 5) is 7.02. The highest BCUT2D eigenvalue weighted by Gasteiger charge is 2.42. The summed E-state index contributed by atoms with van der Waals surface area (Å²) in [5.74, 6) is 2.75. The number of aromatic nitrogens is 1. The first-order valence-electron chi connectivity index (χ1n) is 7.29. The Kier molecular flexibility index (Phi) is 2.60. The molecular weight excluding hydrogens is 250 g/mol. The fraction of sp³-hybridized carbons (Fsp3) is 0.438. The lowest BCUT2D eigenvalue weighted by atomic mass is 9.95. The van der Waals surface area contributed by atoms with Gasteiger partial charge in [-0.05, 0) is 42.3 Å². The van der Waals surface area contributed by atoms with Crippen LogP contribution in [-0.2, 0) is 0 Å². The summed E-state index contributed by atoms with van der Waals surface area (Å²) in [6.45, 7) is 5.57. The molecule has 2 aromatic rings. The third kappa shape index (κ3) is 1.68. The number of aromatic hydroxyl groups is 1. The van der Waals surface area contributed by atoms with Gasteiger partial charge in [0.05, 0.1) is 0 Å². The summed E-state index contributed by atoms with van der Waals surface area (Å²) in [6.07, 6.45) is 1.87. The standard InChI is InChI=1S/C16H19N3O/c1-10-15-8-17-7-12(15)9-19(10)16-14-6-13(20)3-2-11(14)4-5-18-16/h2-6,10,12,15,17,20H,7-9H2,1H3. The predicted octanol–water partition coefficient (Wildman–Crippen LogP) is 1.98. The number of pyridine rings is 1. The van der Waals surface area contributed by atoms with Crippen molar-refractivity contribution in [3.8, 4) is 5.75 Å². The van der Waals surface area contributed by atoms with Crippen LogP contribution >= 0.6 is 0 Å². The van der Waals surface area contributed by atoms with Crippen molar-refractivity contribution < 1.29 is 5.11 Å². The molecule has 3 atom stereocenters. The molecule has 20 heavy (non-hydrogen) atoms. The summed E-state index contributed by atoms with van der Waals surface area (Å²) < 4.78 is 0. The number of anilines is 1. The van der Waals surface area contributed by atoms with E-state index in [-0.39, 0.29) is 0 Å². The first kappa shape index (κ1) is 12.0. The molecule has 1 aromatic heterocycles. The van der Waals surface area contributed by atoms with Crippen molar-refractivity contribution in [3.05, 3.63) is 30.5 Å². The average Bonchev–Trinajstić information content (AvgIpc) is 3.02. The number of fused-ring (bicyclic) bond motifs is 2. The zero-order chi connectivity index (χ0) is 13.7. The van der Waals surface area contributed by atoms with Crippen LogP contribution in [-0.4, -0.2) is 35.8 Å². The van der Waals surface area contributed by atoms with Gasteiger partial charge in [0.2, 0.25) is 0 Å². The van der Waals surface area contributed by atoms with Gasteiger partial charge in [-0.15, -0.1) is 0 Å². The third-order valence-corrected chi connectivity index (χ3v) is 4.94. The molecule has 2 aliphatic rings. The molecule has 3 unspecified atom stereocenters. The van der Waals surface area contributed by atoms with Gasteiger partial charge >= 0.3 is 0 Å². The summed E-state index contributed by atoms with van der Waals surface area (Å²) in [5, 5.41) is 15.4. The molecule has 4 rings (SSSR count). The van der Waals surface area contributed by atoms with E-state index < -0.39 is 0 Å². The van der Waals surface area contributed by atoms with Gasteiger partial charge in [-0.3, -0.25) is 0 Å². The van der Waals surface area contributed by atoms with Crippen molar-refractivity contribution in [1.29, 1.82) is 0 Å². The molecule has 0 radical (unpaired) electrons. The molecule has 0 saturated carbocycles. The lowest BCUT2D eigenvalue weighted by Crippen LogP contribution is -2.33. The molecular formula is C16H19N3O. The monoisotopic (exact) mass is 269 g/mol. The molecule has 0 amide bonds. The first-order valence-corrected chi connectivity index (χ1v) is 7.29. The fourth-order valence-corrected chi connectivity index (χ4v) is 3.82. The minimum atomic E-state index is 0.306. The van der Waals surface area contributed by atoms with E-state index in [9.17, 15) is 5.11 Å². The Bertz CT molecular complexity index is 657. The summed E-state index contributed by atoms with van der Waals surface area (Å²) in [5.41, 5.74) is 0. The molecule has 0 spiro atoms. The number of benzene rings is 1. The average molecular weight is 269 g/mol. The maximum atomic E-state index is 9.77. The van der Waals surface area contributed by atoms with Crippen molar-refractivity contribution in [3.63, 3.8) is 0 Å². The van der Waals surface area contributed by atoms with Crippen LogP contribution < -0.4 is 10.2 Å². The van der Waals surface area contributed by atoms with Crippen LogP contribution in [0.5, 0.6) is 5.75 Å². The van der Waals surface area contributed by atoms with Crippen LogP contribution in [0.15, 0.2) is 30.5 Å². The Morgan fingerprint density at radius 2 is 2.20 bits per heavy atom. The van der Waals surface area contributed by atoms with Crippen LogP contribution in [0.1, 0.15) is 6.92 Å². The van der Waals surface area contributed by atoms with E-state index >= 15 is 0 Å². The largest absolute Gasteiger partial charge is 0.508 e. The first-order chi connectivity index (χ1) is 9.74.